The van der Waals surface area contributed by atoms with E-state index in [1.54, 1.807) is 13.2 Å². The fourth-order valence-electron chi connectivity index (χ4n) is 1.41. The van der Waals surface area contributed by atoms with Crippen LogP contribution in [0.3, 0.4) is 0 Å². The predicted octanol–water partition coefficient (Wildman–Crippen LogP) is 2.23. The summed E-state index contributed by atoms with van der Waals surface area (Å²) >= 11 is 6.02. The van der Waals surface area contributed by atoms with Gasteiger partial charge in [0.15, 0.2) is 0 Å². The first kappa shape index (κ1) is 15.2. The van der Waals surface area contributed by atoms with Gasteiger partial charge in [-0.05, 0) is 24.1 Å². The fourth-order valence-corrected chi connectivity index (χ4v) is 1.66. The lowest BCUT2D eigenvalue weighted by molar-refractivity contribution is 0.0806. The Hall–Kier alpha value is -0.810. The normalized spacial score (nSPS) is 10.6. The van der Waals surface area contributed by atoms with E-state index in [0.717, 1.165) is 24.3 Å². The summed E-state index contributed by atoms with van der Waals surface area (Å²) in [6, 6.07) is 5.50. The number of ether oxygens (including phenoxy) is 3. The molecule has 0 unspecified atom stereocenters. The molecule has 1 rings (SSSR count). The summed E-state index contributed by atoms with van der Waals surface area (Å²) in [4.78, 5) is 0. The lowest BCUT2D eigenvalue weighted by Crippen LogP contribution is -2.08. The van der Waals surface area contributed by atoms with Crippen LogP contribution in [0, 0.1) is 0 Å². The molecule has 0 aliphatic rings. The van der Waals surface area contributed by atoms with Gasteiger partial charge in [-0.2, -0.15) is 0 Å². The minimum Gasteiger partial charge on any atom is -0.491 e. The third-order valence-electron chi connectivity index (χ3n) is 2.38. The maximum atomic E-state index is 6.02. The highest BCUT2D eigenvalue weighted by atomic mass is 35.5. The Morgan fingerprint density at radius 2 is 2.00 bits per heavy atom. The topological polar surface area (TPSA) is 53.7 Å². The second kappa shape index (κ2) is 9.16. The molecule has 0 aromatic heterocycles. The average Bonchev–Trinajstić information content (AvgIpc) is 2.38. The first-order valence-electron chi connectivity index (χ1n) is 5.96. The van der Waals surface area contributed by atoms with Gasteiger partial charge in [-0.3, -0.25) is 0 Å². The van der Waals surface area contributed by atoms with Crippen LogP contribution in [0.1, 0.15) is 12.0 Å². The highest BCUT2D eigenvalue weighted by Gasteiger charge is 2.01. The molecule has 0 radical (unpaired) electrons. The maximum absolute atomic E-state index is 6.02. The third kappa shape index (κ3) is 5.69. The Morgan fingerprint density at radius 3 is 2.67 bits per heavy atom. The summed E-state index contributed by atoms with van der Waals surface area (Å²) in [5.41, 5.74) is 6.44. The zero-order valence-corrected chi connectivity index (χ0v) is 11.4. The molecule has 0 bridgehead atoms. The van der Waals surface area contributed by atoms with E-state index in [0.29, 0.717) is 31.4 Å². The van der Waals surface area contributed by atoms with Crippen LogP contribution < -0.4 is 10.5 Å². The molecule has 0 aliphatic carbocycles. The molecule has 0 heterocycles. The van der Waals surface area contributed by atoms with Crippen molar-refractivity contribution in [3.05, 3.63) is 28.8 Å². The van der Waals surface area contributed by atoms with Crippen molar-refractivity contribution < 1.29 is 14.2 Å². The van der Waals surface area contributed by atoms with Gasteiger partial charge < -0.3 is 19.9 Å². The van der Waals surface area contributed by atoms with E-state index >= 15 is 0 Å². The summed E-state index contributed by atoms with van der Waals surface area (Å²) in [5, 5.41) is 0.635. The number of hydrogen-bond donors (Lipinski definition) is 1. The molecule has 18 heavy (non-hydrogen) atoms. The molecule has 2 N–H and O–H groups in total. The molecule has 0 atom stereocenters. The van der Waals surface area contributed by atoms with Crippen molar-refractivity contribution in [1.82, 2.24) is 0 Å². The van der Waals surface area contributed by atoms with Crippen molar-refractivity contribution in [2.45, 2.75) is 13.0 Å². The van der Waals surface area contributed by atoms with Crippen molar-refractivity contribution in [3.8, 4) is 5.75 Å². The monoisotopic (exact) mass is 273 g/mol. The quantitative estimate of drug-likeness (QED) is 0.701. The van der Waals surface area contributed by atoms with Crippen LogP contribution in [-0.2, 0) is 16.0 Å². The number of rotatable bonds is 9. The molecule has 0 aliphatic heterocycles. The van der Waals surface area contributed by atoms with Crippen molar-refractivity contribution in [2.75, 3.05) is 33.5 Å². The standard InChI is InChI=1S/C13H20ClNO3/c1-16-5-2-6-17-7-8-18-12-4-3-11(10-15)13(14)9-12/h3-4,9H,2,5-8,10,15H2,1H3. The number of halogens is 1. The molecule has 4 nitrogen and oxygen atoms in total. The Morgan fingerprint density at radius 1 is 1.17 bits per heavy atom. The van der Waals surface area contributed by atoms with E-state index < -0.39 is 0 Å². The van der Waals surface area contributed by atoms with Crippen LogP contribution in [0.15, 0.2) is 18.2 Å². The molecule has 0 saturated heterocycles. The van der Waals surface area contributed by atoms with Gasteiger partial charge in [-0.1, -0.05) is 17.7 Å². The second-order valence-electron chi connectivity index (χ2n) is 3.76. The Bertz CT molecular complexity index is 347. The molecule has 102 valence electrons. The second-order valence-corrected chi connectivity index (χ2v) is 4.17. The van der Waals surface area contributed by atoms with Crippen LogP contribution >= 0.6 is 11.6 Å². The molecule has 1 aromatic rings. The number of nitrogens with two attached hydrogens (primary N) is 1. The van der Waals surface area contributed by atoms with E-state index in [9.17, 15) is 0 Å². The zero-order valence-electron chi connectivity index (χ0n) is 10.7. The minimum atomic E-state index is 0.432. The summed E-state index contributed by atoms with van der Waals surface area (Å²) in [7, 11) is 1.68. The molecule has 0 saturated carbocycles. The smallest absolute Gasteiger partial charge is 0.120 e. The highest BCUT2D eigenvalue weighted by Crippen LogP contribution is 2.22. The number of methoxy groups -OCH3 is 1. The van der Waals surface area contributed by atoms with Gasteiger partial charge in [0.25, 0.3) is 0 Å². The van der Waals surface area contributed by atoms with E-state index in [4.69, 9.17) is 31.5 Å². The van der Waals surface area contributed by atoms with Crippen molar-refractivity contribution >= 4 is 11.6 Å². The first-order valence-corrected chi connectivity index (χ1v) is 6.33. The molecule has 0 amide bonds. The summed E-state index contributed by atoms with van der Waals surface area (Å²) in [5.74, 6) is 0.734. The lowest BCUT2D eigenvalue weighted by Gasteiger charge is -2.08. The van der Waals surface area contributed by atoms with Gasteiger partial charge in [-0.15, -0.1) is 0 Å². The molecule has 1 aromatic carbocycles. The van der Waals surface area contributed by atoms with Gasteiger partial charge in [0, 0.05) is 31.9 Å². The maximum Gasteiger partial charge on any atom is 0.120 e. The lowest BCUT2D eigenvalue weighted by atomic mass is 10.2. The van der Waals surface area contributed by atoms with Gasteiger partial charge in [0.2, 0.25) is 0 Å². The van der Waals surface area contributed by atoms with E-state index in [1.807, 2.05) is 12.1 Å². The van der Waals surface area contributed by atoms with Crippen LogP contribution in [0.2, 0.25) is 5.02 Å². The third-order valence-corrected chi connectivity index (χ3v) is 2.73. The Kier molecular flexibility index (Phi) is 7.76. The SMILES string of the molecule is COCCCOCCOc1ccc(CN)c(Cl)c1. The van der Waals surface area contributed by atoms with Gasteiger partial charge in [0.05, 0.1) is 6.61 Å². The van der Waals surface area contributed by atoms with Gasteiger partial charge >= 0.3 is 0 Å². The summed E-state index contributed by atoms with van der Waals surface area (Å²) in [6.45, 7) is 2.90. The van der Waals surface area contributed by atoms with Crippen LogP contribution in [-0.4, -0.2) is 33.5 Å². The molecule has 0 fully saturated rings. The summed E-state index contributed by atoms with van der Waals surface area (Å²) in [6.07, 6.45) is 0.896. The molecular formula is C13H20ClNO3. The van der Waals surface area contributed by atoms with E-state index in [-0.39, 0.29) is 0 Å². The van der Waals surface area contributed by atoms with Crippen molar-refractivity contribution in [1.29, 1.82) is 0 Å². The highest BCUT2D eigenvalue weighted by molar-refractivity contribution is 6.31. The van der Waals surface area contributed by atoms with Crippen LogP contribution in [0.5, 0.6) is 5.75 Å². The summed E-state index contributed by atoms with van der Waals surface area (Å²) < 4.78 is 15.8. The van der Waals surface area contributed by atoms with Gasteiger partial charge in [0.1, 0.15) is 12.4 Å². The predicted molar refractivity (Wildman–Crippen MR) is 72.2 cm³/mol. The minimum absolute atomic E-state index is 0.432. The average molecular weight is 274 g/mol. The zero-order chi connectivity index (χ0) is 13.2. The number of hydrogen-bond acceptors (Lipinski definition) is 4. The first-order chi connectivity index (χ1) is 8.77. The fraction of sp³-hybridized carbons (Fsp3) is 0.538. The van der Waals surface area contributed by atoms with Crippen molar-refractivity contribution in [2.24, 2.45) is 5.73 Å². The number of benzene rings is 1. The Labute approximate surface area is 113 Å². The molecule has 0 spiro atoms. The Balaban J connectivity index is 2.17. The van der Waals surface area contributed by atoms with E-state index in [1.165, 1.54) is 0 Å². The molecule has 5 heteroatoms. The van der Waals surface area contributed by atoms with E-state index in [2.05, 4.69) is 0 Å². The van der Waals surface area contributed by atoms with Crippen molar-refractivity contribution in [3.63, 3.8) is 0 Å². The van der Waals surface area contributed by atoms with Gasteiger partial charge in [-0.25, -0.2) is 0 Å². The largest absolute Gasteiger partial charge is 0.491 e. The van der Waals surface area contributed by atoms with Crippen LogP contribution in [0.4, 0.5) is 0 Å². The molecular weight excluding hydrogens is 254 g/mol. The van der Waals surface area contributed by atoms with Crippen LogP contribution in [0.25, 0.3) is 0 Å².